The third-order valence-electron chi connectivity index (χ3n) is 3.05. The molecule has 0 atom stereocenters. The summed E-state index contributed by atoms with van der Waals surface area (Å²) in [7, 11) is 1.75. The summed E-state index contributed by atoms with van der Waals surface area (Å²) in [6.07, 6.45) is 2.59. The van der Waals surface area contributed by atoms with Crippen LogP contribution in [0.4, 0.5) is 11.5 Å². The predicted octanol–water partition coefficient (Wildman–Crippen LogP) is 2.11. The second-order valence-electron chi connectivity index (χ2n) is 4.39. The quantitative estimate of drug-likeness (QED) is 0.889. The molecule has 7 heteroatoms. The van der Waals surface area contributed by atoms with Crippen LogP contribution in [-0.2, 0) is 19.2 Å². The maximum Gasteiger partial charge on any atom is 0.266 e. The van der Waals surface area contributed by atoms with Crippen LogP contribution in [0.25, 0.3) is 0 Å². The molecule has 1 aliphatic heterocycles. The van der Waals surface area contributed by atoms with Crippen molar-refractivity contribution >= 4 is 40.5 Å². The summed E-state index contributed by atoms with van der Waals surface area (Å²) in [6.45, 7) is 0. The second-order valence-corrected chi connectivity index (χ2v) is 6.63. The molecule has 0 radical (unpaired) electrons. The van der Waals surface area contributed by atoms with Crippen LogP contribution in [0.2, 0.25) is 0 Å². The fourth-order valence-electron chi connectivity index (χ4n) is 2.04. The molecule has 3 N–H and O–H groups in total. The molecule has 19 heavy (non-hydrogen) atoms. The molecule has 1 aliphatic rings. The number of aromatic nitrogens is 2. The first-order valence-electron chi connectivity index (χ1n) is 5.93. The van der Waals surface area contributed by atoms with E-state index >= 15 is 0 Å². The van der Waals surface area contributed by atoms with Crippen LogP contribution in [0.1, 0.15) is 20.1 Å². The van der Waals surface area contributed by atoms with Crippen LogP contribution >= 0.6 is 23.1 Å². The number of amides is 1. The predicted molar refractivity (Wildman–Crippen MR) is 79.8 cm³/mol. The van der Waals surface area contributed by atoms with Gasteiger partial charge in [-0.2, -0.15) is 16.9 Å². The Labute approximate surface area is 119 Å². The largest absolute Gasteiger partial charge is 0.394 e. The van der Waals surface area contributed by atoms with E-state index in [0.29, 0.717) is 11.5 Å². The highest BCUT2D eigenvalue weighted by Crippen LogP contribution is 2.32. The van der Waals surface area contributed by atoms with Crippen molar-refractivity contribution in [3.05, 3.63) is 27.6 Å². The van der Waals surface area contributed by atoms with Gasteiger partial charge in [-0.3, -0.25) is 9.48 Å². The van der Waals surface area contributed by atoms with E-state index in [1.165, 1.54) is 16.6 Å². The molecule has 2 aromatic rings. The van der Waals surface area contributed by atoms with Gasteiger partial charge in [-0.05, 0) is 23.8 Å². The van der Waals surface area contributed by atoms with Gasteiger partial charge in [0, 0.05) is 17.7 Å². The normalized spacial score (nSPS) is 14.2. The number of hydrogen-bond acceptors (Lipinski definition) is 5. The summed E-state index contributed by atoms with van der Waals surface area (Å²) in [6, 6.07) is 1.99. The number of nitrogens with one attached hydrogen (secondary N) is 1. The van der Waals surface area contributed by atoms with E-state index in [4.69, 9.17) is 5.73 Å². The van der Waals surface area contributed by atoms with Crippen LogP contribution in [0.5, 0.6) is 0 Å². The number of nitrogens with two attached hydrogens (primary N) is 1. The van der Waals surface area contributed by atoms with E-state index in [1.54, 1.807) is 23.1 Å². The molecule has 1 amide bonds. The Morgan fingerprint density at radius 3 is 3.11 bits per heavy atom. The maximum absolute atomic E-state index is 12.2. The molecular weight excluding hydrogens is 280 g/mol. The highest BCUT2D eigenvalue weighted by atomic mass is 32.2. The molecule has 3 rings (SSSR count). The summed E-state index contributed by atoms with van der Waals surface area (Å²) >= 11 is 3.49. The van der Waals surface area contributed by atoms with E-state index in [-0.39, 0.29) is 5.91 Å². The highest BCUT2D eigenvalue weighted by molar-refractivity contribution is 7.98. The number of hydrogen-bond donors (Lipinski definition) is 2. The molecule has 0 saturated heterocycles. The number of carbonyl (C=O) groups is 1. The molecule has 0 aliphatic carbocycles. The van der Waals surface area contributed by atoms with Gasteiger partial charge in [0.1, 0.15) is 0 Å². The van der Waals surface area contributed by atoms with Crippen LogP contribution in [0.15, 0.2) is 12.3 Å². The molecule has 5 nitrogen and oxygen atoms in total. The van der Waals surface area contributed by atoms with Gasteiger partial charge in [-0.1, -0.05) is 0 Å². The smallest absolute Gasteiger partial charge is 0.266 e. The molecule has 100 valence electrons. The van der Waals surface area contributed by atoms with Crippen molar-refractivity contribution in [2.45, 2.75) is 12.2 Å². The summed E-state index contributed by atoms with van der Waals surface area (Å²) in [5.41, 5.74) is 7.54. The van der Waals surface area contributed by atoms with Crippen LogP contribution in [-0.4, -0.2) is 21.4 Å². The molecular formula is C12H14N4OS2. The van der Waals surface area contributed by atoms with Gasteiger partial charge in [0.25, 0.3) is 5.91 Å². The van der Waals surface area contributed by atoms with E-state index in [1.807, 2.05) is 17.8 Å². The molecule has 0 bridgehead atoms. The van der Waals surface area contributed by atoms with Gasteiger partial charge in [0.2, 0.25) is 0 Å². The zero-order chi connectivity index (χ0) is 13.4. The average Bonchev–Trinajstić information content (AvgIpc) is 2.97. The first-order chi connectivity index (χ1) is 9.15. The van der Waals surface area contributed by atoms with Gasteiger partial charge < -0.3 is 11.1 Å². The molecule has 0 aromatic carbocycles. The lowest BCUT2D eigenvalue weighted by Crippen LogP contribution is -2.14. The van der Waals surface area contributed by atoms with Crippen molar-refractivity contribution in [1.82, 2.24) is 9.78 Å². The maximum atomic E-state index is 12.2. The number of rotatable bonds is 2. The molecule has 3 heterocycles. The lowest BCUT2D eigenvalue weighted by molar-refractivity contribution is 0.102. The number of thioether (sulfide) groups is 1. The average molecular weight is 294 g/mol. The fraction of sp³-hybridized carbons (Fsp3) is 0.333. The zero-order valence-corrected chi connectivity index (χ0v) is 12.1. The molecule has 0 spiro atoms. The summed E-state index contributed by atoms with van der Waals surface area (Å²) < 4.78 is 1.57. The van der Waals surface area contributed by atoms with Crippen molar-refractivity contribution < 1.29 is 4.79 Å². The van der Waals surface area contributed by atoms with Crippen molar-refractivity contribution in [2.75, 3.05) is 16.8 Å². The first-order valence-corrected chi connectivity index (χ1v) is 7.90. The van der Waals surface area contributed by atoms with Crippen molar-refractivity contribution in [3.63, 3.8) is 0 Å². The lowest BCUT2D eigenvalue weighted by Gasteiger charge is -2.08. The first kappa shape index (κ1) is 12.6. The Hall–Kier alpha value is -1.47. The number of aryl methyl sites for hydroxylation is 2. The number of carbonyl (C=O) groups excluding carboxylic acids is 1. The van der Waals surface area contributed by atoms with Crippen molar-refractivity contribution in [3.8, 4) is 0 Å². The Bertz CT molecular complexity index is 589. The monoisotopic (exact) mass is 294 g/mol. The Morgan fingerprint density at radius 1 is 1.58 bits per heavy atom. The van der Waals surface area contributed by atoms with E-state index in [2.05, 4.69) is 10.4 Å². The second kappa shape index (κ2) is 4.90. The minimum Gasteiger partial charge on any atom is -0.394 e. The van der Waals surface area contributed by atoms with Crippen LogP contribution in [0, 0.1) is 0 Å². The Kier molecular flexibility index (Phi) is 3.24. The third-order valence-corrected chi connectivity index (χ3v) is 5.29. The number of anilines is 2. The van der Waals surface area contributed by atoms with Crippen LogP contribution in [0.3, 0.4) is 0 Å². The van der Waals surface area contributed by atoms with E-state index in [0.717, 1.165) is 22.8 Å². The van der Waals surface area contributed by atoms with Gasteiger partial charge in [0.05, 0.1) is 16.8 Å². The molecule has 0 saturated carbocycles. The highest BCUT2D eigenvalue weighted by Gasteiger charge is 2.18. The summed E-state index contributed by atoms with van der Waals surface area (Å²) in [5.74, 6) is 2.58. The summed E-state index contributed by atoms with van der Waals surface area (Å²) in [4.78, 5) is 14.3. The minimum absolute atomic E-state index is 0.111. The van der Waals surface area contributed by atoms with E-state index in [9.17, 15) is 4.79 Å². The Balaban J connectivity index is 1.83. The van der Waals surface area contributed by atoms with Gasteiger partial charge in [-0.15, -0.1) is 11.3 Å². The number of fused-ring (bicyclic) bond motifs is 1. The fourth-order valence-corrected chi connectivity index (χ4v) is 4.30. The Morgan fingerprint density at radius 2 is 2.42 bits per heavy atom. The lowest BCUT2D eigenvalue weighted by atomic mass is 10.2. The SMILES string of the molecule is Cn1ncc(N)c1NC(=O)c1cc2c(s1)CCSC2. The molecule has 0 fully saturated rings. The summed E-state index contributed by atoms with van der Waals surface area (Å²) in [5, 5.41) is 6.83. The van der Waals surface area contributed by atoms with Gasteiger partial charge in [0.15, 0.2) is 5.82 Å². The van der Waals surface area contributed by atoms with Crippen molar-refractivity contribution in [1.29, 1.82) is 0 Å². The third kappa shape index (κ3) is 2.35. The minimum atomic E-state index is -0.111. The zero-order valence-electron chi connectivity index (χ0n) is 10.5. The molecule has 0 unspecified atom stereocenters. The number of nitrogen functional groups attached to an aromatic ring is 1. The standard InChI is InChI=1S/C12H14N4OS2/c1-16-11(8(13)5-14-16)15-12(17)10-4-7-6-18-3-2-9(7)19-10/h4-5H,2-3,6,13H2,1H3,(H,15,17). The van der Waals surface area contributed by atoms with Gasteiger partial charge >= 0.3 is 0 Å². The number of thiophene rings is 1. The number of nitrogens with zero attached hydrogens (tertiary/aromatic N) is 2. The van der Waals surface area contributed by atoms with Crippen LogP contribution < -0.4 is 11.1 Å². The molecule has 2 aromatic heterocycles. The van der Waals surface area contributed by atoms with Crippen molar-refractivity contribution in [2.24, 2.45) is 7.05 Å². The van der Waals surface area contributed by atoms with Gasteiger partial charge in [-0.25, -0.2) is 0 Å². The topological polar surface area (TPSA) is 72.9 Å². The van der Waals surface area contributed by atoms with E-state index < -0.39 is 0 Å².